The van der Waals surface area contributed by atoms with Crippen LogP contribution in [0.25, 0.3) is 0 Å². The minimum absolute atomic E-state index is 0.0307. The Kier molecular flexibility index (Phi) is 5.04. The first-order valence-corrected chi connectivity index (χ1v) is 7.26. The number of rotatable bonds is 4. The summed E-state index contributed by atoms with van der Waals surface area (Å²) in [6, 6.07) is 14.2. The third kappa shape index (κ3) is 3.74. The SMILES string of the molecule is O=C(NCC(Cl)c1ccccc1)c1ccc(Br)c(O)c1. The molecule has 1 atom stereocenters. The van der Waals surface area contributed by atoms with Gasteiger partial charge in [-0.2, -0.15) is 0 Å². The molecule has 3 nitrogen and oxygen atoms in total. The molecule has 2 aromatic carbocycles. The molecule has 20 heavy (non-hydrogen) atoms. The number of phenolic OH excluding ortho intramolecular Hbond substituents is 1. The van der Waals surface area contributed by atoms with Gasteiger partial charge in [0.05, 0.1) is 9.85 Å². The number of hydrogen-bond donors (Lipinski definition) is 2. The second-order valence-corrected chi connectivity index (χ2v) is 5.64. The Hall–Kier alpha value is -1.52. The molecule has 1 amide bonds. The van der Waals surface area contributed by atoms with Gasteiger partial charge in [0.15, 0.2) is 0 Å². The summed E-state index contributed by atoms with van der Waals surface area (Å²) in [7, 11) is 0. The largest absolute Gasteiger partial charge is 0.507 e. The van der Waals surface area contributed by atoms with Crippen molar-refractivity contribution in [1.29, 1.82) is 0 Å². The van der Waals surface area contributed by atoms with Crippen molar-refractivity contribution in [2.75, 3.05) is 6.54 Å². The predicted octanol–water partition coefficient (Wildman–Crippen LogP) is 3.86. The van der Waals surface area contributed by atoms with Crippen LogP contribution in [0.2, 0.25) is 0 Å². The van der Waals surface area contributed by atoms with Crippen LogP contribution in [0.1, 0.15) is 21.3 Å². The molecule has 0 aromatic heterocycles. The van der Waals surface area contributed by atoms with E-state index in [0.29, 0.717) is 16.6 Å². The summed E-state index contributed by atoms with van der Waals surface area (Å²) in [5.41, 5.74) is 1.34. The van der Waals surface area contributed by atoms with Crippen molar-refractivity contribution in [2.45, 2.75) is 5.38 Å². The van der Waals surface area contributed by atoms with Crippen LogP contribution in [0.15, 0.2) is 53.0 Å². The van der Waals surface area contributed by atoms with E-state index in [1.165, 1.54) is 6.07 Å². The Morgan fingerprint density at radius 3 is 2.60 bits per heavy atom. The van der Waals surface area contributed by atoms with Crippen molar-refractivity contribution in [1.82, 2.24) is 5.32 Å². The second-order valence-electron chi connectivity index (χ2n) is 4.25. The number of hydrogen-bond acceptors (Lipinski definition) is 2. The third-order valence-corrected chi connectivity index (χ3v) is 3.89. The highest BCUT2D eigenvalue weighted by Crippen LogP contribution is 2.24. The van der Waals surface area contributed by atoms with Crippen LogP contribution >= 0.6 is 27.5 Å². The van der Waals surface area contributed by atoms with E-state index in [1.807, 2.05) is 30.3 Å². The highest BCUT2D eigenvalue weighted by atomic mass is 79.9. The first kappa shape index (κ1) is 14.9. The summed E-state index contributed by atoms with van der Waals surface area (Å²) >= 11 is 9.39. The molecule has 0 radical (unpaired) electrons. The van der Waals surface area contributed by atoms with Crippen LogP contribution in [0.3, 0.4) is 0 Å². The number of phenols is 1. The fourth-order valence-electron chi connectivity index (χ4n) is 1.72. The fraction of sp³-hybridized carbons (Fsp3) is 0.133. The molecule has 104 valence electrons. The van der Waals surface area contributed by atoms with Crippen molar-refractivity contribution in [3.63, 3.8) is 0 Å². The van der Waals surface area contributed by atoms with Crippen LogP contribution < -0.4 is 5.32 Å². The molecule has 0 aliphatic heterocycles. The topological polar surface area (TPSA) is 49.3 Å². The van der Waals surface area contributed by atoms with Crippen molar-refractivity contribution >= 4 is 33.4 Å². The molecule has 0 aliphatic rings. The van der Waals surface area contributed by atoms with Gasteiger partial charge in [-0.05, 0) is 39.7 Å². The lowest BCUT2D eigenvalue weighted by Crippen LogP contribution is -2.26. The van der Waals surface area contributed by atoms with E-state index < -0.39 is 0 Å². The molecule has 0 heterocycles. The number of amides is 1. The van der Waals surface area contributed by atoms with Gasteiger partial charge < -0.3 is 10.4 Å². The molecule has 2 rings (SSSR count). The van der Waals surface area contributed by atoms with Gasteiger partial charge >= 0.3 is 0 Å². The molecular weight excluding hydrogens is 342 g/mol. The molecule has 0 bridgehead atoms. The van der Waals surface area contributed by atoms with Gasteiger partial charge in [0.25, 0.3) is 5.91 Å². The van der Waals surface area contributed by atoms with Crippen LogP contribution in [0, 0.1) is 0 Å². The van der Waals surface area contributed by atoms with Crippen LogP contribution in [-0.4, -0.2) is 17.6 Å². The Morgan fingerprint density at radius 2 is 1.95 bits per heavy atom. The summed E-state index contributed by atoms with van der Waals surface area (Å²) in [4.78, 5) is 11.9. The van der Waals surface area contributed by atoms with E-state index in [0.717, 1.165) is 5.56 Å². The number of benzene rings is 2. The van der Waals surface area contributed by atoms with Gasteiger partial charge in [0.1, 0.15) is 5.75 Å². The van der Waals surface area contributed by atoms with Gasteiger partial charge in [-0.1, -0.05) is 30.3 Å². The summed E-state index contributed by atoms with van der Waals surface area (Å²) < 4.78 is 0.550. The molecule has 0 spiro atoms. The zero-order valence-corrected chi connectivity index (χ0v) is 12.9. The molecule has 2 N–H and O–H groups in total. The molecular formula is C15H13BrClNO2. The quantitative estimate of drug-likeness (QED) is 0.819. The molecule has 0 fully saturated rings. The Labute approximate surface area is 130 Å². The average Bonchev–Trinajstić information content (AvgIpc) is 2.48. The number of halogens is 2. The van der Waals surface area contributed by atoms with Crippen LogP contribution in [0.4, 0.5) is 0 Å². The lowest BCUT2D eigenvalue weighted by Gasteiger charge is -2.11. The first-order chi connectivity index (χ1) is 9.58. The minimum Gasteiger partial charge on any atom is -0.507 e. The maximum Gasteiger partial charge on any atom is 0.251 e. The summed E-state index contributed by atoms with van der Waals surface area (Å²) in [5, 5.41) is 12.0. The smallest absolute Gasteiger partial charge is 0.251 e. The number of carbonyl (C=O) groups excluding carboxylic acids is 1. The summed E-state index contributed by atoms with van der Waals surface area (Å²) in [5.74, 6) is -0.238. The Bertz CT molecular complexity index is 604. The Balaban J connectivity index is 1.97. The summed E-state index contributed by atoms with van der Waals surface area (Å²) in [6.45, 7) is 0.321. The van der Waals surface area contributed by atoms with Gasteiger partial charge in [0.2, 0.25) is 0 Å². The number of nitrogens with one attached hydrogen (secondary N) is 1. The fourth-order valence-corrected chi connectivity index (χ4v) is 2.19. The van der Waals surface area contributed by atoms with Crippen molar-refractivity contribution in [3.05, 3.63) is 64.1 Å². The van der Waals surface area contributed by atoms with Gasteiger partial charge in [-0.3, -0.25) is 4.79 Å². The van der Waals surface area contributed by atoms with E-state index in [9.17, 15) is 9.90 Å². The van der Waals surface area contributed by atoms with Crippen molar-refractivity contribution in [2.24, 2.45) is 0 Å². The average molecular weight is 355 g/mol. The van der Waals surface area contributed by atoms with E-state index in [4.69, 9.17) is 11.6 Å². The van der Waals surface area contributed by atoms with E-state index >= 15 is 0 Å². The van der Waals surface area contributed by atoms with Gasteiger partial charge in [-0.25, -0.2) is 0 Å². The lowest BCUT2D eigenvalue weighted by atomic mass is 10.1. The standard InChI is InChI=1S/C15H13BrClNO2/c16-12-7-6-11(8-14(12)19)15(20)18-9-13(17)10-4-2-1-3-5-10/h1-8,13,19H,9H2,(H,18,20). The molecule has 0 saturated carbocycles. The van der Waals surface area contributed by atoms with Gasteiger partial charge in [-0.15, -0.1) is 11.6 Å². The monoisotopic (exact) mass is 353 g/mol. The normalized spacial score (nSPS) is 11.9. The number of carbonyl (C=O) groups is 1. The van der Waals surface area contributed by atoms with E-state index in [2.05, 4.69) is 21.2 Å². The molecule has 0 aliphatic carbocycles. The maximum absolute atomic E-state index is 11.9. The highest BCUT2D eigenvalue weighted by Gasteiger charge is 2.12. The molecule has 1 unspecified atom stereocenters. The zero-order valence-electron chi connectivity index (χ0n) is 10.5. The second kappa shape index (κ2) is 6.77. The van der Waals surface area contributed by atoms with Crippen LogP contribution in [-0.2, 0) is 0 Å². The minimum atomic E-state index is -0.288. The van der Waals surface area contributed by atoms with Crippen molar-refractivity contribution < 1.29 is 9.90 Å². The van der Waals surface area contributed by atoms with Crippen molar-refractivity contribution in [3.8, 4) is 5.75 Å². The molecule has 0 saturated heterocycles. The highest BCUT2D eigenvalue weighted by molar-refractivity contribution is 9.10. The van der Waals surface area contributed by atoms with E-state index in [-0.39, 0.29) is 17.0 Å². The van der Waals surface area contributed by atoms with E-state index in [1.54, 1.807) is 12.1 Å². The molecule has 2 aromatic rings. The summed E-state index contributed by atoms with van der Waals surface area (Å²) in [6.07, 6.45) is 0. The number of alkyl halides is 1. The van der Waals surface area contributed by atoms with Crippen LogP contribution in [0.5, 0.6) is 5.75 Å². The van der Waals surface area contributed by atoms with Gasteiger partial charge in [0, 0.05) is 12.1 Å². The third-order valence-electron chi connectivity index (χ3n) is 2.81. The maximum atomic E-state index is 11.9. The lowest BCUT2D eigenvalue weighted by molar-refractivity contribution is 0.0953. The zero-order chi connectivity index (χ0) is 14.5. The first-order valence-electron chi connectivity index (χ1n) is 6.03. The molecule has 5 heteroatoms. The predicted molar refractivity (Wildman–Crippen MR) is 83.2 cm³/mol. The number of aromatic hydroxyl groups is 1. The Morgan fingerprint density at radius 1 is 1.25 bits per heavy atom.